The first-order valence-corrected chi connectivity index (χ1v) is 3.90. The summed E-state index contributed by atoms with van der Waals surface area (Å²) in [7, 11) is 0. The van der Waals surface area contributed by atoms with Crippen molar-refractivity contribution in [3.63, 3.8) is 0 Å². The number of hydrogen-bond donors (Lipinski definition) is 0. The standard InChI is InChI=1S/C9H10O2/c1-9-5-4-7(10)6(9)2-3-8(9)11/h2-3,6H,4-5H2,1H3/t6-,9+/m0/s1. The van der Waals surface area contributed by atoms with Crippen molar-refractivity contribution in [2.45, 2.75) is 19.8 Å². The summed E-state index contributed by atoms with van der Waals surface area (Å²) in [6.45, 7) is 1.89. The molecule has 58 valence electrons. The van der Waals surface area contributed by atoms with Crippen LogP contribution in [0.2, 0.25) is 0 Å². The normalized spacial score (nSPS) is 41.7. The van der Waals surface area contributed by atoms with E-state index in [1.54, 1.807) is 12.2 Å². The van der Waals surface area contributed by atoms with Crippen LogP contribution in [0.4, 0.5) is 0 Å². The molecule has 11 heavy (non-hydrogen) atoms. The maximum atomic E-state index is 11.3. The summed E-state index contributed by atoms with van der Waals surface area (Å²) >= 11 is 0. The van der Waals surface area contributed by atoms with Gasteiger partial charge in [-0.1, -0.05) is 13.0 Å². The van der Waals surface area contributed by atoms with E-state index in [0.29, 0.717) is 6.42 Å². The summed E-state index contributed by atoms with van der Waals surface area (Å²) in [4.78, 5) is 22.5. The summed E-state index contributed by atoms with van der Waals surface area (Å²) < 4.78 is 0. The van der Waals surface area contributed by atoms with Gasteiger partial charge in [-0.15, -0.1) is 0 Å². The number of allylic oxidation sites excluding steroid dienone is 2. The summed E-state index contributed by atoms with van der Waals surface area (Å²) in [6.07, 6.45) is 4.64. The van der Waals surface area contributed by atoms with E-state index < -0.39 is 0 Å². The second-order valence-corrected chi connectivity index (χ2v) is 3.58. The average molecular weight is 150 g/mol. The Hall–Kier alpha value is -0.920. The van der Waals surface area contributed by atoms with E-state index in [2.05, 4.69) is 0 Å². The van der Waals surface area contributed by atoms with Gasteiger partial charge in [0.05, 0.1) is 0 Å². The van der Waals surface area contributed by atoms with Gasteiger partial charge in [0.25, 0.3) is 0 Å². The van der Waals surface area contributed by atoms with Crippen LogP contribution in [0.3, 0.4) is 0 Å². The average Bonchev–Trinajstić information content (AvgIpc) is 2.39. The van der Waals surface area contributed by atoms with Crippen molar-refractivity contribution in [3.8, 4) is 0 Å². The molecule has 2 heteroatoms. The largest absolute Gasteiger partial charge is 0.299 e. The Bertz CT molecular complexity index is 265. The van der Waals surface area contributed by atoms with Crippen LogP contribution in [0, 0.1) is 11.3 Å². The molecule has 2 aliphatic carbocycles. The molecule has 2 atom stereocenters. The fourth-order valence-corrected chi connectivity index (χ4v) is 2.02. The van der Waals surface area contributed by atoms with Crippen molar-refractivity contribution >= 4 is 11.6 Å². The predicted octanol–water partition coefficient (Wildman–Crippen LogP) is 1.11. The zero-order valence-electron chi connectivity index (χ0n) is 6.46. The van der Waals surface area contributed by atoms with E-state index in [-0.39, 0.29) is 22.9 Å². The Kier molecular flexibility index (Phi) is 1.12. The lowest BCUT2D eigenvalue weighted by molar-refractivity contribution is -0.127. The lowest BCUT2D eigenvalue weighted by Gasteiger charge is -2.19. The molecule has 0 aliphatic heterocycles. The molecule has 2 aliphatic rings. The van der Waals surface area contributed by atoms with Crippen LogP contribution in [0.25, 0.3) is 0 Å². The third kappa shape index (κ3) is 0.669. The number of ketones is 2. The molecule has 0 aromatic heterocycles. The zero-order chi connectivity index (χ0) is 8.06. The monoisotopic (exact) mass is 150 g/mol. The highest BCUT2D eigenvalue weighted by Gasteiger charge is 2.50. The minimum absolute atomic E-state index is 0.102. The van der Waals surface area contributed by atoms with E-state index in [1.165, 1.54) is 0 Å². The Morgan fingerprint density at radius 2 is 2.27 bits per heavy atom. The van der Waals surface area contributed by atoms with Gasteiger partial charge in [0.1, 0.15) is 5.78 Å². The van der Waals surface area contributed by atoms with Gasteiger partial charge in [-0.25, -0.2) is 0 Å². The first-order chi connectivity index (χ1) is 5.14. The molecule has 0 aromatic rings. The van der Waals surface area contributed by atoms with E-state index in [1.807, 2.05) is 6.92 Å². The van der Waals surface area contributed by atoms with E-state index >= 15 is 0 Å². The molecule has 0 saturated heterocycles. The van der Waals surface area contributed by atoms with Crippen molar-refractivity contribution < 1.29 is 9.59 Å². The van der Waals surface area contributed by atoms with Gasteiger partial charge in [0.2, 0.25) is 0 Å². The summed E-state index contributed by atoms with van der Waals surface area (Å²) in [5.41, 5.74) is -0.364. The van der Waals surface area contributed by atoms with Crippen molar-refractivity contribution in [1.29, 1.82) is 0 Å². The maximum absolute atomic E-state index is 11.3. The van der Waals surface area contributed by atoms with E-state index in [9.17, 15) is 9.59 Å². The summed E-state index contributed by atoms with van der Waals surface area (Å²) in [6, 6.07) is 0. The number of Topliss-reactive ketones (excluding diaryl/α,β-unsaturated/α-hetero) is 1. The number of carbonyl (C=O) groups excluding carboxylic acids is 2. The summed E-state index contributed by atoms with van der Waals surface area (Å²) in [5.74, 6) is 0.262. The van der Waals surface area contributed by atoms with Crippen LogP contribution in [0.5, 0.6) is 0 Å². The first kappa shape index (κ1) is 6.77. The molecule has 2 rings (SSSR count). The van der Waals surface area contributed by atoms with Crippen LogP contribution in [0.15, 0.2) is 12.2 Å². The fraction of sp³-hybridized carbons (Fsp3) is 0.556. The molecule has 0 N–H and O–H groups in total. The number of rotatable bonds is 0. The highest BCUT2D eigenvalue weighted by Crippen LogP contribution is 2.46. The molecule has 0 aromatic carbocycles. The minimum atomic E-state index is -0.364. The third-order valence-corrected chi connectivity index (χ3v) is 2.93. The number of fused-ring (bicyclic) bond motifs is 1. The van der Waals surface area contributed by atoms with Crippen LogP contribution >= 0.6 is 0 Å². The third-order valence-electron chi connectivity index (χ3n) is 2.93. The highest BCUT2D eigenvalue weighted by atomic mass is 16.1. The minimum Gasteiger partial charge on any atom is -0.299 e. The zero-order valence-corrected chi connectivity index (χ0v) is 6.46. The lowest BCUT2D eigenvalue weighted by Crippen LogP contribution is -2.26. The second-order valence-electron chi connectivity index (χ2n) is 3.58. The quantitative estimate of drug-likeness (QED) is 0.518. The molecular weight excluding hydrogens is 140 g/mol. The molecule has 2 nitrogen and oxygen atoms in total. The van der Waals surface area contributed by atoms with Gasteiger partial charge in [-0.05, 0) is 12.5 Å². The molecule has 1 fully saturated rings. The summed E-state index contributed by atoms with van der Waals surface area (Å²) in [5, 5.41) is 0. The van der Waals surface area contributed by atoms with Crippen LogP contribution in [-0.4, -0.2) is 11.6 Å². The maximum Gasteiger partial charge on any atom is 0.162 e. The molecule has 1 saturated carbocycles. The topological polar surface area (TPSA) is 34.1 Å². The Labute approximate surface area is 65.3 Å². The van der Waals surface area contributed by atoms with Crippen molar-refractivity contribution in [1.82, 2.24) is 0 Å². The lowest BCUT2D eigenvalue weighted by atomic mass is 9.81. The van der Waals surface area contributed by atoms with E-state index in [4.69, 9.17) is 0 Å². The van der Waals surface area contributed by atoms with Crippen LogP contribution in [-0.2, 0) is 9.59 Å². The van der Waals surface area contributed by atoms with Crippen molar-refractivity contribution in [2.75, 3.05) is 0 Å². The molecule has 0 radical (unpaired) electrons. The molecule has 0 bridgehead atoms. The van der Waals surface area contributed by atoms with Gasteiger partial charge in [0, 0.05) is 17.8 Å². The molecule has 0 unspecified atom stereocenters. The second kappa shape index (κ2) is 1.81. The fourth-order valence-electron chi connectivity index (χ4n) is 2.02. The number of hydrogen-bond acceptors (Lipinski definition) is 2. The van der Waals surface area contributed by atoms with Crippen molar-refractivity contribution in [3.05, 3.63) is 12.2 Å². The molecule has 0 heterocycles. The van der Waals surface area contributed by atoms with E-state index in [0.717, 1.165) is 6.42 Å². The molecular formula is C9H10O2. The molecule has 0 amide bonds. The Balaban J connectivity index is 2.44. The molecule has 0 spiro atoms. The van der Waals surface area contributed by atoms with Crippen LogP contribution < -0.4 is 0 Å². The van der Waals surface area contributed by atoms with Gasteiger partial charge < -0.3 is 0 Å². The smallest absolute Gasteiger partial charge is 0.162 e. The van der Waals surface area contributed by atoms with Crippen LogP contribution in [0.1, 0.15) is 19.8 Å². The predicted molar refractivity (Wildman–Crippen MR) is 40.0 cm³/mol. The Morgan fingerprint density at radius 1 is 1.55 bits per heavy atom. The van der Waals surface area contributed by atoms with Gasteiger partial charge in [-0.2, -0.15) is 0 Å². The number of carbonyl (C=O) groups is 2. The van der Waals surface area contributed by atoms with Crippen molar-refractivity contribution in [2.24, 2.45) is 11.3 Å². The Morgan fingerprint density at radius 3 is 2.91 bits per heavy atom. The SMILES string of the molecule is C[C@@]12CCC(=O)[C@@H]1C=CC2=O. The first-order valence-electron chi connectivity index (χ1n) is 3.90. The van der Waals surface area contributed by atoms with Gasteiger partial charge in [0.15, 0.2) is 5.78 Å². The highest BCUT2D eigenvalue weighted by molar-refractivity contribution is 6.05. The van der Waals surface area contributed by atoms with Gasteiger partial charge in [-0.3, -0.25) is 9.59 Å². The van der Waals surface area contributed by atoms with Gasteiger partial charge >= 0.3 is 0 Å².